The number of hydrogen-bond acceptors (Lipinski definition) is 5. The molecule has 1 aromatic rings. The molecule has 1 heterocycles. The van der Waals surface area contributed by atoms with Gasteiger partial charge in [0.2, 0.25) is 4.80 Å². The number of nitrogens with zero attached hydrogens (tertiary/aromatic N) is 4. The summed E-state index contributed by atoms with van der Waals surface area (Å²) in [6.07, 6.45) is 0. The van der Waals surface area contributed by atoms with Crippen molar-refractivity contribution in [2.24, 2.45) is 17.3 Å². The van der Waals surface area contributed by atoms with E-state index in [2.05, 4.69) is 10.2 Å². The van der Waals surface area contributed by atoms with Crippen molar-refractivity contribution in [3.05, 3.63) is 9.68 Å². The van der Waals surface area contributed by atoms with E-state index in [1.54, 1.807) is 11.6 Å². The summed E-state index contributed by atoms with van der Waals surface area (Å²) in [5, 5.41) is 16.6. The molecule has 0 saturated heterocycles. The zero-order valence-electron chi connectivity index (χ0n) is 8.27. The molecule has 0 fully saturated rings. The summed E-state index contributed by atoms with van der Waals surface area (Å²) in [5.41, 5.74) is 6.52. The number of thiazole rings is 1. The number of anilines is 1. The molecular formula is C8H11N5S. The minimum absolute atomic E-state index is 0.431. The molecule has 0 aromatic carbocycles. The Morgan fingerprint density at radius 3 is 2.64 bits per heavy atom. The van der Waals surface area contributed by atoms with Crippen LogP contribution in [0.2, 0.25) is 0 Å². The highest BCUT2D eigenvalue weighted by molar-refractivity contribution is 7.10. The average molecular weight is 209 g/mol. The van der Waals surface area contributed by atoms with E-state index >= 15 is 0 Å². The van der Waals surface area contributed by atoms with Crippen molar-refractivity contribution in [3.8, 4) is 6.07 Å². The highest BCUT2D eigenvalue weighted by Crippen LogP contribution is 2.11. The van der Waals surface area contributed by atoms with Gasteiger partial charge in [0, 0.05) is 12.8 Å². The van der Waals surface area contributed by atoms with Crippen molar-refractivity contribution in [1.29, 1.82) is 5.26 Å². The lowest BCUT2D eigenvalue weighted by Gasteiger charge is -1.92. The molecule has 0 saturated carbocycles. The van der Waals surface area contributed by atoms with Gasteiger partial charge in [-0.1, -0.05) is 11.3 Å². The first-order valence-electron chi connectivity index (χ1n) is 3.96. The summed E-state index contributed by atoms with van der Waals surface area (Å²) in [5.74, 6) is 0.431. The van der Waals surface area contributed by atoms with Gasteiger partial charge < -0.3 is 10.3 Å². The van der Waals surface area contributed by atoms with Crippen molar-refractivity contribution >= 4 is 22.9 Å². The van der Waals surface area contributed by atoms with E-state index in [4.69, 9.17) is 11.0 Å². The fraction of sp³-hybridized carbons (Fsp3) is 0.375. The second kappa shape index (κ2) is 4.07. The molecule has 0 aliphatic heterocycles. The quantitative estimate of drug-likeness (QED) is 0.549. The minimum atomic E-state index is 0.431. The maximum Gasteiger partial charge on any atom is 0.213 e. The Kier molecular flexibility index (Phi) is 3.04. The standard InChI is InChI=1S/C8H11N5S/c1-5(2)11-12-8-13(3)7(10)6(4-9)14-8/h10H2,1-3H3/b12-8+. The Labute approximate surface area is 85.8 Å². The van der Waals surface area contributed by atoms with E-state index in [0.717, 1.165) is 5.71 Å². The molecule has 5 nitrogen and oxygen atoms in total. The average Bonchev–Trinajstić information content (AvgIpc) is 2.41. The maximum absolute atomic E-state index is 8.72. The van der Waals surface area contributed by atoms with Crippen molar-refractivity contribution in [3.63, 3.8) is 0 Å². The first-order valence-corrected chi connectivity index (χ1v) is 4.78. The van der Waals surface area contributed by atoms with Crippen LogP contribution in [0.1, 0.15) is 18.7 Å². The molecule has 1 aromatic heterocycles. The summed E-state index contributed by atoms with van der Waals surface area (Å²) in [7, 11) is 1.76. The highest BCUT2D eigenvalue weighted by Gasteiger charge is 2.05. The molecule has 1 rings (SSSR count). The maximum atomic E-state index is 8.72. The molecule has 0 spiro atoms. The van der Waals surface area contributed by atoms with Crippen LogP contribution in [0.5, 0.6) is 0 Å². The van der Waals surface area contributed by atoms with Gasteiger partial charge in [0.05, 0.1) is 0 Å². The van der Waals surface area contributed by atoms with Crippen molar-refractivity contribution < 1.29 is 0 Å². The Morgan fingerprint density at radius 1 is 1.57 bits per heavy atom. The lowest BCUT2D eigenvalue weighted by molar-refractivity contribution is 0.865. The molecule has 0 radical (unpaired) electrons. The minimum Gasteiger partial charge on any atom is -0.383 e. The predicted molar refractivity (Wildman–Crippen MR) is 56.8 cm³/mol. The third kappa shape index (κ3) is 2.00. The van der Waals surface area contributed by atoms with E-state index in [0.29, 0.717) is 15.5 Å². The fourth-order valence-electron chi connectivity index (χ4n) is 0.778. The number of nitrogens with two attached hydrogens (primary N) is 1. The van der Waals surface area contributed by atoms with Crippen LogP contribution in [0.25, 0.3) is 0 Å². The molecule has 0 aliphatic carbocycles. The monoisotopic (exact) mass is 209 g/mol. The first-order chi connectivity index (χ1) is 6.56. The molecular weight excluding hydrogens is 198 g/mol. The molecule has 0 amide bonds. The summed E-state index contributed by atoms with van der Waals surface area (Å²) in [6.45, 7) is 3.71. The predicted octanol–water partition coefficient (Wildman–Crippen LogP) is 0.837. The third-order valence-electron chi connectivity index (χ3n) is 1.51. The molecule has 14 heavy (non-hydrogen) atoms. The normalized spacial score (nSPS) is 11.1. The Morgan fingerprint density at radius 2 is 2.21 bits per heavy atom. The van der Waals surface area contributed by atoms with Gasteiger partial charge in [-0.2, -0.15) is 10.4 Å². The van der Waals surface area contributed by atoms with Gasteiger partial charge in [-0.3, -0.25) is 0 Å². The van der Waals surface area contributed by atoms with Crippen LogP contribution in [0.3, 0.4) is 0 Å². The summed E-state index contributed by atoms with van der Waals surface area (Å²) >= 11 is 1.23. The van der Waals surface area contributed by atoms with Gasteiger partial charge in [-0.05, 0) is 13.8 Å². The molecule has 0 bridgehead atoms. The largest absolute Gasteiger partial charge is 0.383 e. The summed E-state index contributed by atoms with van der Waals surface area (Å²) in [4.78, 5) is 1.09. The fourth-order valence-corrected chi connectivity index (χ4v) is 1.56. The third-order valence-corrected chi connectivity index (χ3v) is 2.55. The van der Waals surface area contributed by atoms with Gasteiger partial charge in [-0.15, -0.1) is 5.10 Å². The second-order valence-electron chi connectivity index (χ2n) is 2.92. The number of hydrogen-bond donors (Lipinski definition) is 1. The number of aromatic nitrogens is 1. The van der Waals surface area contributed by atoms with Crippen LogP contribution in [-0.4, -0.2) is 10.3 Å². The lowest BCUT2D eigenvalue weighted by atomic mass is 10.5. The van der Waals surface area contributed by atoms with E-state index in [-0.39, 0.29) is 0 Å². The number of nitriles is 1. The van der Waals surface area contributed by atoms with E-state index in [9.17, 15) is 0 Å². The van der Waals surface area contributed by atoms with E-state index in [1.807, 2.05) is 19.9 Å². The Balaban J connectivity index is 3.32. The molecule has 0 unspecified atom stereocenters. The topological polar surface area (TPSA) is 79.5 Å². The van der Waals surface area contributed by atoms with Gasteiger partial charge in [-0.25, -0.2) is 0 Å². The molecule has 0 aliphatic rings. The highest BCUT2D eigenvalue weighted by atomic mass is 32.1. The van der Waals surface area contributed by atoms with E-state index < -0.39 is 0 Å². The van der Waals surface area contributed by atoms with Crippen molar-refractivity contribution in [1.82, 2.24) is 4.57 Å². The Hall–Kier alpha value is -1.61. The first kappa shape index (κ1) is 10.5. The van der Waals surface area contributed by atoms with Crippen LogP contribution in [0.4, 0.5) is 5.82 Å². The van der Waals surface area contributed by atoms with Gasteiger partial charge in [0.15, 0.2) is 0 Å². The SMILES string of the molecule is CC(C)=N/N=c1/sc(C#N)c(N)n1C. The Bertz CT molecular complexity index is 467. The molecule has 74 valence electrons. The lowest BCUT2D eigenvalue weighted by Crippen LogP contribution is -2.12. The van der Waals surface area contributed by atoms with Crippen molar-refractivity contribution in [2.75, 3.05) is 5.73 Å². The molecule has 0 atom stereocenters. The van der Waals surface area contributed by atoms with E-state index in [1.165, 1.54) is 11.3 Å². The van der Waals surface area contributed by atoms with Gasteiger partial charge in [0.25, 0.3) is 0 Å². The van der Waals surface area contributed by atoms with Crippen LogP contribution in [0.15, 0.2) is 10.2 Å². The zero-order chi connectivity index (χ0) is 10.7. The summed E-state index contributed by atoms with van der Waals surface area (Å²) in [6, 6.07) is 2.01. The number of rotatable bonds is 1. The van der Waals surface area contributed by atoms with Crippen molar-refractivity contribution in [2.45, 2.75) is 13.8 Å². The number of nitrogen functional groups attached to an aromatic ring is 1. The van der Waals surface area contributed by atoms with Crippen LogP contribution in [-0.2, 0) is 7.05 Å². The van der Waals surface area contributed by atoms with Gasteiger partial charge >= 0.3 is 0 Å². The zero-order valence-corrected chi connectivity index (χ0v) is 9.09. The van der Waals surface area contributed by atoms with Crippen LogP contribution in [0, 0.1) is 11.3 Å². The molecule has 2 N–H and O–H groups in total. The summed E-state index contributed by atoms with van der Waals surface area (Å²) < 4.78 is 1.65. The molecule has 6 heteroatoms. The van der Waals surface area contributed by atoms with Gasteiger partial charge in [0.1, 0.15) is 16.8 Å². The van der Waals surface area contributed by atoms with Crippen LogP contribution < -0.4 is 10.5 Å². The second-order valence-corrected chi connectivity index (χ2v) is 3.89. The smallest absolute Gasteiger partial charge is 0.213 e. The van der Waals surface area contributed by atoms with Crippen LogP contribution >= 0.6 is 11.3 Å².